The minimum absolute atomic E-state index is 0.137. The SMILES string of the molecule is COc1ccc(O)c(-c2nc3sc(-c4cc(OC)ccc4O)nc3s2)c1. The van der Waals surface area contributed by atoms with Crippen molar-refractivity contribution < 1.29 is 19.7 Å². The number of phenolic OH excluding ortho intramolecular Hbond substituents is 2. The maximum absolute atomic E-state index is 10.1. The Kier molecular flexibility index (Phi) is 4.14. The fraction of sp³-hybridized carbons (Fsp3) is 0.111. The van der Waals surface area contributed by atoms with Crippen molar-refractivity contribution in [2.24, 2.45) is 0 Å². The third-order valence-electron chi connectivity index (χ3n) is 3.84. The van der Waals surface area contributed by atoms with Gasteiger partial charge in [-0.2, -0.15) is 0 Å². The molecule has 2 heterocycles. The Balaban J connectivity index is 1.77. The minimum Gasteiger partial charge on any atom is -0.507 e. The Morgan fingerprint density at radius 2 is 1.15 bits per heavy atom. The van der Waals surface area contributed by atoms with E-state index in [-0.39, 0.29) is 11.5 Å². The van der Waals surface area contributed by atoms with Crippen LogP contribution in [0.2, 0.25) is 0 Å². The normalized spacial score (nSPS) is 11.0. The predicted molar refractivity (Wildman–Crippen MR) is 103 cm³/mol. The molecule has 0 radical (unpaired) electrons. The second kappa shape index (κ2) is 6.47. The molecule has 2 aromatic carbocycles. The highest BCUT2D eigenvalue weighted by atomic mass is 32.1. The predicted octanol–water partition coefficient (Wildman–Crippen LogP) is 4.52. The zero-order valence-corrected chi connectivity index (χ0v) is 15.5. The molecule has 0 unspecified atom stereocenters. The summed E-state index contributed by atoms with van der Waals surface area (Å²) < 4.78 is 10.4. The Labute approximate surface area is 156 Å². The molecule has 4 rings (SSSR count). The standard InChI is InChI=1S/C18H14N2O4S2/c1-23-9-3-5-13(21)11(7-9)15-19-17-18(25-15)20-16(26-17)12-8-10(24-2)4-6-14(12)22/h3-8,21-22H,1-2H3. The van der Waals surface area contributed by atoms with Crippen LogP contribution in [0.4, 0.5) is 0 Å². The molecular weight excluding hydrogens is 372 g/mol. The fourth-order valence-corrected chi connectivity index (χ4v) is 4.59. The van der Waals surface area contributed by atoms with Crippen LogP contribution in [-0.2, 0) is 0 Å². The lowest BCUT2D eigenvalue weighted by molar-refractivity contribution is 0.412. The number of fused-ring (bicyclic) bond motifs is 1. The van der Waals surface area contributed by atoms with Gasteiger partial charge in [-0.3, -0.25) is 0 Å². The second-order valence-corrected chi connectivity index (χ2v) is 7.37. The summed E-state index contributed by atoms with van der Waals surface area (Å²) in [5.74, 6) is 1.56. The third kappa shape index (κ3) is 2.83. The Bertz CT molecular complexity index is 989. The molecule has 8 heteroatoms. The molecule has 2 aromatic heterocycles. The molecular formula is C18H14N2O4S2. The highest BCUT2D eigenvalue weighted by Crippen LogP contribution is 2.42. The number of methoxy groups -OCH3 is 2. The van der Waals surface area contributed by atoms with Gasteiger partial charge in [-0.05, 0) is 36.4 Å². The van der Waals surface area contributed by atoms with Gasteiger partial charge in [-0.25, -0.2) is 9.97 Å². The van der Waals surface area contributed by atoms with E-state index in [2.05, 4.69) is 9.97 Å². The molecule has 132 valence electrons. The van der Waals surface area contributed by atoms with Gasteiger partial charge in [0, 0.05) is 0 Å². The van der Waals surface area contributed by atoms with Gasteiger partial charge in [0.15, 0.2) is 9.66 Å². The molecule has 0 amide bonds. The van der Waals surface area contributed by atoms with Gasteiger partial charge in [0.2, 0.25) is 0 Å². The first-order valence-corrected chi connectivity index (χ1v) is 9.24. The number of benzene rings is 2. The summed E-state index contributed by atoms with van der Waals surface area (Å²) in [7, 11) is 3.15. The van der Waals surface area contributed by atoms with Gasteiger partial charge < -0.3 is 19.7 Å². The molecule has 0 spiro atoms. The lowest BCUT2D eigenvalue weighted by Gasteiger charge is -2.05. The fourth-order valence-electron chi connectivity index (χ4n) is 2.50. The summed E-state index contributed by atoms with van der Waals surface area (Å²) in [6, 6.07) is 10.0. The van der Waals surface area contributed by atoms with E-state index in [0.29, 0.717) is 32.6 Å². The zero-order valence-electron chi connectivity index (χ0n) is 13.9. The van der Waals surface area contributed by atoms with Crippen molar-refractivity contribution in [1.82, 2.24) is 9.97 Å². The topological polar surface area (TPSA) is 84.7 Å². The van der Waals surface area contributed by atoms with Crippen molar-refractivity contribution in [3.63, 3.8) is 0 Å². The summed E-state index contributed by atoms with van der Waals surface area (Å²) in [5.41, 5.74) is 1.20. The van der Waals surface area contributed by atoms with Crippen LogP contribution in [-0.4, -0.2) is 34.4 Å². The third-order valence-corrected chi connectivity index (χ3v) is 5.94. The monoisotopic (exact) mass is 386 g/mol. The molecule has 26 heavy (non-hydrogen) atoms. The van der Waals surface area contributed by atoms with Crippen LogP contribution >= 0.6 is 22.7 Å². The van der Waals surface area contributed by atoms with Gasteiger partial charge in [-0.1, -0.05) is 22.7 Å². The maximum Gasteiger partial charge on any atom is 0.155 e. The van der Waals surface area contributed by atoms with E-state index in [1.807, 2.05) is 0 Å². The average Bonchev–Trinajstić information content (AvgIpc) is 3.21. The lowest BCUT2D eigenvalue weighted by Crippen LogP contribution is -1.84. The molecule has 0 saturated heterocycles. The molecule has 0 fully saturated rings. The molecule has 0 aliphatic carbocycles. The van der Waals surface area contributed by atoms with E-state index >= 15 is 0 Å². The Hall–Kier alpha value is -2.84. The number of thiazole rings is 2. The number of ether oxygens (including phenoxy) is 2. The summed E-state index contributed by atoms with van der Waals surface area (Å²) in [5, 5.41) is 21.6. The van der Waals surface area contributed by atoms with E-state index < -0.39 is 0 Å². The number of aromatic nitrogens is 2. The summed E-state index contributed by atoms with van der Waals surface area (Å²) in [4.78, 5) is 10.6. The van der Waals surface area contributed by atoms with Crippen LogP contribution in [0.5, 0.6) is 23.0 Å². The lowest BCUT2D eigenvalue weighted by atomic mass is 10.2. The first-order chi connectivity index (χ1) is 12.6. The summed E-state index contributed by atoms with van der Waals surface area (Å²) >= 11 is 2.75. The van der Waals surface area contributed by atoms with Crippen molar-refractivity contribution >= 4 is 32.3 Å². The van der Waals surface area contributed by atoms with E-state index in [4.69, 9.17) is 9.47 Å². The van der Waals surface area contributed by atoms with Crippen molar-refractivity contribution in [1.29, 1.82) is 0 Å². The quantitative estimate of drug-likeness (QED) is 0.537. The molecule has 2 N–H and O–H groups in total. The molecule has 0 bridgehead atoms. The number of phenols is 2. The van der Waals surface area contributed by atoms with Crippen molar-refractivity contribution in [2.45, 2.75) is 0 Å². The van der Waals surface area contributed by atoms with Gasteiger partial charge >= 0.3 is 0 Å². The molecule has 6 nitrogen and oxygen atoms in total. The minimum atomic E-state index is 0.137. The molecule has 0 aliphatic rings. The molecule has 4 aromatic rings. The van der Waals surface area contributed by atoms with Crippen LogP contribution in [0.3, 0.4) is 0 Å². The largest absolute Gasteiger partial charge is 0.507 e. The summed E-state index contributed by atoms with van der Waals surface area (Å²) in [6.07, 6.45) is 0. The Morgan fingerprint density at radius 1 is 0.731 bits per heavy atom. The van der Waals surface area contributed by atoms with Crippen molar-refractivity contribution in [3.8, 4) is 44.1 Å². The van der Waals surface area contributed by atoms with Gasteiger partial charge in [-0.15, -0.1) is 0 Å². The molecule has 0 atom stereocenters. The number of hydrogen-bond donors (Lipinski definition) is 2. The average molecular weight is 386 g/mol. The van der Waals surface area contributed by atoms with Crippen LogP contribution in [0.15, 0.2) is 36.4 Å². The van der Waals surface area contributed by atoms with Crippen molar-refractivity contribution in [3.05, 3.63) is 36.4 Å². The smallest absolute Gasteiger partial charge is 0.155 e. The Morgan fingerprint density at radius 3 is 1.54 bits per heavy atom. The van der Waals surface area contributed by atoms with Crippen LogP contribution < -0.4 is 9.47 Å². The number of hydrogen-bond acceptors (Lipinski definition) is 8. The second-order valence-electron chi connectivity index (χ2n) is 5.41. The van der Waals surface area contributed by atoms with Gasteiger partial charge in [0.1, 0.15) is 33.0 Å². The first kappa shape index (κ1) is 16.6. The van der Waals surface area contributed by atoms with Crippen LogP contribution in [0, 0.1) is 0 Å². The van der Waals surface area contributed by atoms with Gasteiger partial charge in [0.05, 0.1) is 25.3 Å². The number of nitrogens with zero attached hydrogens (tertiary/aromatic N) is 2. The first-order valence-electron chi connectivity index (χ1n) is 7.61. The van der Waals surface area contributed by atoms with E-state index in [1.165, 1.54) is 22.7 Å². The zero-order chi connectivity index (χ0) is 18.3. The van der Waals surface area contributed by atoms with Crippen LogP contribution in [0.25, 0.3) is 30.8 Å². The van der Waals surface area contributed by atoms with Crippen LogP contribution in [0.1, 0.15) is 0 Å². The summed E-state index contributed by atoms with van der Waals surface area (Å²) in [6.45, 7) is 0. The van der Waals surface area contributed by atoms with E-state index in [9.17, 15) is 10.2 Å². The maximum atomic E-state index is 10.1. The number of rotatable bonds is 4. The van der Waals surface area contributed by atoms with E-state index in [0.717, 1.165) is 9.66 Å². The number of aromatic hydroxyl groups is 2. The molecule has 0 aliphatic heterocycles. The highest BCUT2D eigenvalue weighted by Gasteiger charge is 2.17. The van der Waals surface area contributed by atoms with Crippen molar-refractivity contribution in [2.75, 3.05) is 14.2 Å². The molecule has 0 saturated carbocycles. The van der Waals surface area contributed by atoms with Gasteiger partial charge in [0.25, 0.3) is 0 Å². The highest BCUT2D eigenvalue weighted by molar-refractivity contribution is 7.29. The van der Waals surface area contributed by atoms with E-state index in [1.54, 1.807) is 50.6 Å².